The van der Waals surface area contributed by atoms with E-state index in [4.69, 9.17) is 0 Å². The van der Waals surface area contributed by atoms with Crippen LogP contribution in [-0.4, -0.2) is 24.2 Å². The van der Waals surface area contributed by atoms with Gasteiger partial charge in [0.15, 0.2) is 0 Å². The molecule has 5 heteroatoms. The Bertz CT molecular complexity index is 62.7. The SMILES string of the molecule is C=NN(C)N(N)[O-]. The summed E-state index contributed by atoms with van der Waals surface area (Å²) in [7, 11) is 1.39. The highest BCUT2D eigenvalue weighted by Crippen LogP contribution is 1.78. The molecule has 0 bridgehead atoms. The van der Waals surface area contributed by atoms with Gasteiger partial charge in [-0.05, 0) is 0 Å². The molecule has 5 nitrogen and oxygen atoms in total. The lowest BCUT2D eigenvalue weighted by molar-refractivity contribution is 0.0565. The van der Waals surface area contributed by atoms with Crippen molar-refractivity contribution in [1.82, 2.24) is 10.4 Å². The summed E-state index contributed by atoms with van der Waals surface area (Å²) < 4.78 is 0. The molecule has 0 unspecified atom stereocenters. The number of rotatable bonds is 2. The van der Waals surface area contributed by atoms with E-state index >= 15 is 0 Å². The molecule has 0 rings (SSSR count). The van der Waals surface area contributed by atoms with Gasteiger partial charge < -0.3 is 5.21 Å². The molecular formula is C2H7N4O-. The summed E-state index contributed by atoms with van der Waals surface area (Å²) in [5.41, 5.74) is 0. The van der Waals surface area contributed by atoms with Crippen LogP contribution in [0.2, 0.25) is 0 Å². The quantitative estimate of drug-likeness (QED) is 0.280. The number of hydrogen-bond acceptors (Lipinski definition) is 5. The van der Waals surface area contributed by atoms with Crippen molar-refractivity contribution in [2.75, 3.05) is 7.05 Å². The Kier molecular flexibility index (Phi) is 2.28. The molecule has 0 aromatic carbocycles. The number of nitrogens with zero attached hydrogens (tertiary/aromatic N) is 3. The van der Waals surface area contributed by atoms with Gasteiger partial charge in [0, 0.05) is 13.8 Å². The van der Waals surface area contributed by atoms with Crippen LogP contribution < -0.4 is 5.84 Å². The van der Waals surface area contributed by atoms with E-state index in [1.807, 2.05) is 0 Å². The van der Waals surface area contributed by atoms with Gasteiger partial charge in [-0.25, -0.2) is 10.4 Å². The van der Waals surface area contributed by atoms with Crippen molar-refractivity contribution in [2.24, 2.45) is 10.9 Å². The van der Waals surface area contributed by atoms with E-state index in [1.165, 1.54) is 7.05 Å². The molecule has 0 amide bonds. The fourth-order valence-corrected chi connectivity index (χ4v) is 0.0623. The molecule has 0 saturated heterocycles. The molecule has 0 atom stereocenters. The van der Waals surface area contributed by atoms with E-state index in [9.17, 15) is 5.21 Å². The van der Waals surface area contributed by atoms with Crippen LogP contribution in [0.25, 0.3) is 0 Å². The standard InChI is InChI=1S/C2H7N4O/c1-4-5(2)6(3)7/h1,3H2,2H3/q-1. The maximum absolute atomic E-state index is 9.86. The highest BCUT2D eigenvalue weighted by atomic mass is 16.6. The minimum atomic E-state index is 0.0764. The molecule has 0 radical (unpaired) electrons. The minimum Gasteiger partial charge on any atom is -0.752 e. The zero-order chi connectivity index (χ0) is 5.86. The Balaban J connectivity index is 3.33. The highest BCUT2D eigenvalue weighted by Gasteiger charge is 1.81. The van der Waals surface area contributed by atoms with Gasteiger partial charge in [-0.3, -0.25) is 5.84 Å². The number of nitrogens with two attached hydrogens (primary N) is 1. The first-order valence-corrected chi connectivity index (χ1v) is 1.60. The molecule has 0 fully saturated rings. The van der Waals surface area contributed by atoms with Crippen molar-refractivity contribution in [2.45, 2.75) is 0 Å². The van der Waals surface area contributed by atoms with Crippen LogP contribution in [-0.2, 0) is 0 Å². The maximum Gasteiger partial charge on any atom is 0.0427 e. The van der Waals surface area contributed by atoms with Gasteiger partial charge >= 0.3 is 0 Å². The number of hydrazine groups is 2. The normalized spacial score (nSPS) is 9.14. The summed E-state index contributed by atoms with van der Waals surface area (Å²) in [5, 5.41) is 14.0. The summed E-state index contributed by atoms with van der Waals surface area (Å²) in [6, 6.07) is 0. The van der Waals surface area contributed by atoms with Crippen LogP contribution in [0.5, 0.6) is 0 Å². The lowest BCUT2D eigenvalue weighted by atomic mass is 11.4. The molecule has 0 spiro atoms. The average Bonchev–Trinajstić information content (AvgIpc) is 1.65. The van der Waals surface area contributed by atoms with Gasteiger partial charge in [0.2, 0.25) is 0 Å². The zero-order valence-corrected chi connectivity index (χ0v) is 4.03. The minimum absolute atomic E-state index is 0.0764. The fourth-order valence-electron chi connectivity index (χ4n) is 0.0623. The van der Waals surface area contributed by atoms with Gasteiger partial charge in [-0.2, -0.15) is 5.10 Å². The Morgan fingerprint density at radius 1 is 1.86 bits per heavy atom. The molecular weight excluding hydrogens is 96.0 g/mol. The first-order valence-electron chi connectivity index (χ1n) is 1.60. The second-order valence-electron chi connectivity index (χ2n) is 0.933. The van der Waals surface area contributed by atoms with Crippen molar-refractivity contribution in [1.29, 1.82) is 0 Å². The maximum atomic E-state index is 9.86. The van der Waals surface area contributed by atoms with Crippen LogP contribution in [0.1, 0.15) is 0 Å². The van der Waals surface area contributed by atoms with Crippen LogP contribution in [0.3, 0.4) is 0 Å². The van der Waals surface area contributed by atoms with Crippen LogP contribution in [0.4, 0.5) is 0 Å². The Hall–Kier alpha value is -0.650. The second kappa shape index (κ2) is 2.51. The predicted molar refractivity (Wildman–Crippen MR) is 26.7 cm³/mol. The Morgan fingerprint density at radius 3 is 2.29 bits per heavy atom. The Morgan fingerprint density at radius 2 is 2.29 bits per heavy atom. The van der Waals surface area contributed by atoms with E-state index in [-0.39, 0.29) is 5.28 Å². The summed E-state index contributed by atoms with van der Waals surface area (Å²) in [4.78, 5) is 0. The third-order valence-corrected chi connectivity index (χ3v) is 0.490. The third-order valence-electron chi connectivity index (χ3n) is 0.490. The fraction of sp³-hybridized carbons (Fsp3) is 0.500. The van der Waals surface area contributed by atoms with Crippen molar-refractivity contribution in [3.8, 4) is 0 Å². The van der Waals surface area contributed by atoms with Crippen LogP contribution in [0, 0.1) is 5.21 Å². The summed E-state index contributed by atoms with van der Waals surface area (Å²) in [6.07, 6.45) is 0. The molecule has 0 aromatic rings. The Labute approximate surface area is 41.5 Å². The van der Waals surface area contributed by atoms with E-state index in [2.05, 4.69) is 17.7 Å². The number of hydrogen-bond donors (Lipinski definition) is 1. The van der Waals surface area contributed by atoms with Gasteiger partial charge in [0.05, 0.1) is 0 Å². The lowest BCUT2D eigenvalue weighted by Gasteiger charge is -2.28. The summed E-state index contributed by atoms with van der Waals surface area (Å²) in [6.45, 7) is 3.04. The largest absolute Gasteiger partial charge is 0.752 e. The van der Waals surface area contributed by atoms with E-state index in [1.54, 1.807) is 0 Å². The smallest absolute Gasteiger partial charge is 0.0427 e. The monoisotopic (exact) mass is 103 g/mol. The van der Waals surface area contributed by atoms with Crippen LogP contribution >= 0.6 is 0 Å². The van der Waals surface area contributed by atoms with E-state index in [0.29, 0.717) is 0 Å². The predicted octanol–water partition coefficient (Wildman–Crippen LogP) is -0.878. The van der Waals surface area contributed by atoms with Gasteiger partial charge in [0.25, 0.3) is 0 Å². The summed E-state index contributed by atoms with van der Waals surface area (Å²) >= 11 is 0. The number of hydrazone groups is 1. The van der Waals surface area contributed by atoms with Crippen molar-refractivity contribution < 1.29 is 0 Å². The molecule has 0 aromatic heterocycles. The molecule has 42 valence electrons. The topological polar surface area (TPSA) is 67.9 Å². The second-order valence-corrected chi connectivity index (χ2v) is 0.933. The van der Waals surface area contributed by atoms with Gasteiger partial charge in [-0.1, -0.05) is 0 Å². The molecule has 0 heterocycles. The molecule has 0 saturated carbocycles. The third kappa shape index (κ3) is 2.10. The van der Waals surface area contributed by atoms with Gasteiger partial charge in [-0.15, -0.1) is 0 Å². The summed E-state index contributed by atoms with van der Waals surface area (Å²) in [5.74, 6) is 4.62. The van der Waals surface area contributed by atoms with Crippen LogP contribution in [0.15, 0.2) is 5.10 Å². The molecule has 0 aliphatic carbocycles. The molecule has 2 N–H and O–H groups in total. The first kappa shape index (κ1) is 6.35. The zero-order valence-electron chi connectivity index (χ0n) is 4.03. The molecule has 7 heavy (non-hydrogen) atoms. The average molecular weight is 103 g/mol. The van der Waals surface area contributed by atoms with Crippen molar-refractivity contribution in [3.63, 3.8) is 0 Å². The lowest BCUT2D eigenvalue weighted by Crippen LogP contribution is -2.36. The van der Waals surface area contributed by atoms with E-state index < -0.39 is 0 Å². The molecule has 0 aliphatic rings. The van der Waals surface area contributed by atoms with Crippen molar-refractivity contribution in [3.05, 3.63) is 5.21 Å². The molecule has 0 aliphatic heterocycles. The van der Waals surface area contributed by atoms with E-state index in [0.717, 1.165) is 5.12 Å². The van der Waals surface area contributed by atoms with Crippen molar-refractivity contribution >= 4 is 6.72 Å². The highest BCUT2D eigenvalue weighted by molar-refractivity contribution is 5.22. The van der Waals surface area contributed by atoms with Gasteiger partial charge in [0.1, 0.15) is 0 Å². The first-order chi connectivity index (χ1) is 3.18.